The molecule has 0 spiro atoms. The number of halogens is 2. The Labute approximate surface area is 104 Å². The van der Waals surface area contributed by atoms with Crippen molar-refractivity contribution in [3.8, 4) is 0 Å². The lowest BCUT2D eigenvalue weighted by Crippen LogP contribution is -2.17. The predicted molar refractivity (Wildman–Crippen MR) is 70.2 cm³/mol. The van der Waals surface area contributed by atoms with E-state index in [0.717, 1.165) is 13.1 Å². The van der Waals surface area contributed by atoms with E-state index >= 15 is 0 Å². The van der Waals surface area contributed by atoms with Gasteiger partial charge in [-0.1, -0.05) is 30.3 Å². The second-order valence-corrected chi connectivity index (χ2v) is 3.76. The van der Waals surface area contributed by atoms with Crippen molar-refractivity contribution in [2.24, 2.45) is 0 Å². The van der Waals surface area contributed by atoms with Crippen LogP contribution in [-0.4, -0.2) is 19.0 Å². The van der Waals surface area contributed by atoms with Gasteiger partial charge in [-0.3, -0.25) is 0 Å². The number of hydrogen-bond acceptors (Lipinski definition) is 1. The molecule has 0 aromatic heterocycles. The lowest BCUT2D eigenvalue weighted by atomic mass is 10.1. The first kappa shape index (κ1) is 14.8. The van der Waals surface area contributed by atoms with Crippen molar-refractivity contribution in [1.82, 2.24) is 5.32 Å². The summed E-state index contributed by atoms with van der Waals surface area (Å²) >= 11 is 5.55. The SMILES string of the molecule is Cl.ClCCNCCCCc1ccccc1. The van der Waals surface area contributed by atoms with Gasteiger partial charge in [0.05, 0.1) is 0 Å². The Balaban J connectivity index is 0.00000196. The first-order chi connectivity index (χ1) is 6.93. The van der Waals surface area contributed by atoms with E-state index in [2.05, 4.69) is 35.6 Å². The highest BCUT2D eigenvalue weighted by Crippen LogP contribution is 2.03. The molecule has 0 aliphatic rings. The van der Waals surface area contributed by atoms with Crippen LogP contribution in [0.1, 0.15) is 18.4 Å². The van der Waals surface area contributed by atoms with E-state index in [0.29, 0.717) is 5.88 Å². The Morgan fingerprint density at radius 3 is 2.40 bits per heavy atom. The van der Waals surface area contributed by atoms with Gasteiger partial charge in [0.1, 0.15) is 0 Å². The third kappa shape index (κ3) is 7.66. The zero-order valence-electron chi connectivity index (χ0n) is 8.92. The predicted octanol–water partition coefficient (Wildman–Crippen LogP) is 3.26. The van der Waals surface area contributed by atoms with Crippen molar-refractivity contribution in [2.45, 2.75) is 19.3 Å². The quantitative estimate of drug-likeness (QED) is 0.577. The molecule has 0 aliphatic carbocycles. The summed E-state index contributed by atoms with van der Waals surface area (Å²) in [5.74, 6) is 0.707. The first-order valence-electron chi connectivity index (χ1n) is 5.24. The molecule has 0 fully saturated rings. The van der Waals surface area contributed by atoms with Crippen LogP contribution >= 0.6 is 24.0 Å². The molecule has 0 amide bonds. The van der Waals surface area contributed by atoms with Crippen LogP contribution in [0.2, 0.25) is 0 Å². The average Bonchev–Trinajstić information content (AvgIpc) is 2.25. The summed E-state index contributed by atoms with van der Waals surface area (Å²) in [4.78, 5) is 0. The number of alkyl halides is 1. The van der Waals surface area contributed by atoms with Gasteiger partial charge in [-0.25, -0.2) is 0 Å². The topological polar surface area (TPSA) is 12.0 Å². The van der Waals surface area contributed by atoms with Gasteiger partial charge in [0.15, 0.2) is 0 Å². The zero-order chi connectivity index (χ0) is 10.1. The molecule has 0 unspecified atom stereocenters. The highest BCUT2D eigenvalue weighted by atomic mass is 35.5. The Morgan fingerprint density at radius 1 is 1.00 bits per heavy atom. The number of unbranched alkanes of at least 4 members (excludes halogenated alkanes) is 1. The van der Waals surface area contributed by atoms with E-state index in [1.54, 1.807) is 0 Å². The minimum Gasteiger partial charge on any atom is -0.316 e. The summed E-state index contributed by atoms with van der Waals surface area (Å²) < 4.78 is 0. The molecule has 1 rings (SSSR count). The Morgan fingerprint density at radius 2 is 1.73 bits per heavy atom. The van der Waals surface area contributed by atoms with Crippen LogP contribution in [0.15, 0.2) is 30.3 Å². The van der Waals surface area contributed by atoms with Crippen molar-refractivity contribution in [1.29, 1.82) is 0 Å². The van der Waals surface area contributed by atoms with Crippen LogP contribution in [0.4, 0.5) is 0 Å². The smallest absolute Gasteiger partial charge is 0.0348 e. The van der Waals surface area contributed by atoms with Gasteiger partial charge < -0.3 is 5.32 Å². The summed E-state index contributed by atoms with van der Waals surface area (Å²) in [5.41, 5.74) is 1.44. The molecule has 0 atom stereocenters. The highest BCUT2D eigenvalue weighted by Gasteiger charge is 1.91. The van der Waals surface area contributed by atoms with E-state index < -0.39 is 0 Å². The van der Waals surface area contributed by atoms with Crippen molar-refractivity contribution in [2.75, 3.05) is 19.0 Å². The lowest BCUT2D eigenvalue weighted by Gasteiger charge is -2.02. The molecule has 0 saturated carbocycles. The fourth-order valence-electron chi connectivity index (χ4n) is 1.42. The summed E-state index contributed by atoms with van der Waals surface area (Å²) in [7, 11) is 0. The minimum atomic E-state index is 0. The van der Waals surface area contributed by atoms with Crippen LogP contribution in [0.3, 0.4) is 0 Å². The van der Waals surface area contributed by atoms with Gasteiger partial charge >= 0.3 is 0 Å². The van der Waals surface area contributed by atoms with Crippen molar-refractivity contribution >= 4 is 24.0 Å². The van der Waals surface area contributed by atoms with Crippen LogP contribution in [0.25, 0.3) is 0 Å². The third-order valence-electron chi connectivity index (χ3n) is 2.18. The molecule has 1 nitrogen and oxygen atoms in total. The summed E-state index contributed by atoms with van der Waals surface area (Å²) in [5, 5.41) is 3.29. The lowest BCUT2D eigenvalue weighted by molar-refractivity contribution is 0.642. The summed E-state index contributed by atoms with van der Waals surface area (Å²) in [6.45, 7) is 2.01. The zero-order valence-corrected chi connectivity index (χ0v) is 10.5. The number of nitrogens with one attached hydrogen (secondary N) is 1. The van der Waals surface area contributed by atoms with Gasteiger partial charge in [0.25, 0.3) is 0 Å². The number of rotatable bonds is 7. The standard InChI is InChI=1S/C12H18ClN.ClH/c13-9-11-14-10-5-4-8-12-6-2-1-3-7-12;/h1-3,6-7,14H,4-5,8-11H2;1H. The molecule has 3 heteroatoms. The first-order valence-corrected chi connectivity index (χ1v) is 5.77. The fourth-order valence-corrected chi connectivity index (χ4v) is 1.55. The van der Waals surface area contributed by atoms with E-state index in [1.807, 2.05) is 0 Å². The Kier molecular flexibility index (Phi) is 10.1. The van der Waals surface area contributed by atoms with Crippen molar-refractivity contribution in [3.05, 3.63) is 35.9 Å². The average molecular weight is 248 g/mol. The Bertz CT molecular complexity index is 226. The van der Waals surface area contributed by atoms with E-state index in [4.69, 9.17) is 11.6 Å². The van der Waals surface area contributed by atoms with Crippen molar-refractivity contribution in [3.63, 3.8) is 0 Å². The second-order valence-electron chi connectivity index (χ2n) is 3.38. The number of aryl methyl sites for hydroxylation is 1. The third-order valence-corrected chi connectivity index (χ3v) is 2.37. The highest BCUT2D eigenvalue weighted by molar-refractivity contribution is 6.18. The molecule has 0 aliphatic heterocycles. The maximum Gasteiger partial charge on any atom is 0.0348 e. The molecule has 86 valence electrons. The maximum atomic E-state index is 5.55. The molecular weight excluding hydrogens is 229 g/mol. The molecule has 0 radical (unpaired) electrons. The van der Waals surface area contributed by atoms with E-state index in [1.165, 1.54) is 24.8 Å². The van der Waals surface area contributed by atoms with Gasteiger partial charge in [0, 0.05) is 12.4 Å². The monoisotopic (exact) mass is 247 g/mol. The van der Waals surface area contributed by atoms with Gasteiger partial charge in [-0.2, -0.15) is 0 Å². The molecule has 1 N–H and O–H groups in total. The largest absolute Gasteiger partial charge is 0.316 e. The summed E-state index contributed by atoms with van der Waals surface area (Å²) in [6, 6.07) is 10.6. The number of hydrogen-bond donors (Lipinski definition) is 1. The maximum absolute atomic E-state index is 5.55. The van der Waals surface area contributed by atoms with Gasteiger partial charge in [0.2, 0.25) is 0 Å². The Hall–Kier alpha value is -0.240. The van der Waals surface area contributed by atoms with Gasteiger partial charge in [-0.05, 0) is 31.4 Å². The van der Waals surface area contributed by atoms with Gasteiger partial charge in [-0.15, -0.1) is 24.0 Å². The minimum absolute atomic E-state index is 0. The molecular formula is C12H19Cl2N. The van der Waals surface area contributed by atoms with Crippen LogP contribution in [0.5, 0.6) is 0 Å². The number of benzene rings is 1. The fraction of sp³-hybridized carbons (Fsp3) is 0.500. The molecule has 0 saturated heterocycles. The molecule has 1 aromatic carbocycles. The van der Waals surface area contributed by atoms with Crippen LogP contribution in [0, 0.1) is 0 Å². The normalized spacial score (nSPS) is 9.67. The molecule has 0 heterocycles. The van der Waals surface area contributed by atoms with E-state index in [9.17, 15) is 0 Å². The summed E-state index contributed by atoms with van der Waals surface area (Å²) in [6.07, 6.45) is 3.66. The van der Waals surface area contributed by atoms with E-state index in [-0.39, 0.29) is 12.4 Å². The van der Waals surface area contributed by atoms with Crippen LogP contribution < -0.4 is 5.32 Å². The second kappa shape index (κ2) is 10.3. The van der Waals surface area contributed by atoms with Crippen LogP contribution in [-0.2, 0) is 6.42 Å². The molecule has 1 aromatic rings. The molecule has 15 heavy (non-hydrogen) atoms. The van der Waals surface area contributed by atoms with Crippen molar-refractivity contribution < 1.29 is 0 Å². The molecule has 0 bridgehead atoms.